The maximum absolute atomic E-state index is 12.4. The number of piperazine rings is 1. The van der Waals surface area contributed by atoms with Crippen molar-refractivity contribution in [1.29, 1.82) is 0 Å². The topological polar surface area (TPSA) is 77.0 Å². The zero-order valence-corrected chi connectivity index (χ0v) is 18.6. The Morgan fingerprint density at radius 1 is 0.964 bits per heavy atom. The number of aliphatic imine (C=N–C) groups is 1. The van der Waals surface area contributed by atoms with Crippen molar-refractivity contribution < 1.29 is 9.59 Å². The van der Waals surface area contributed by atoms with E-state index in [-0.39, 0.29) is 11.8 Å². The van der Waals surface area contributed by atoms with Crippen molar-refractivity contribution in [3.05, 3.63) is 0 Å². The molecule has 162 valence electrons. The zero-order valence-electron chi connectivity index (χ0n) is 18.6. The Hall–Kier alpha value is -1.79. The second kappa shape index (κ2) is 13.4. The fraction of sp³-hybridized carbons (Fsp3) is 0.857. The number of hydrogen-bond donors (Lipinski definition) is 2. The van der Waals surface area contributed by atoms with E-state index in [1.54, 1.807) is 7.05 Å². The van der Waals surface area contributed by atoms with Crippen molar-refractivity contribution in [3.63, 3.8) is 0 Å². The predicted molar refractivity (Wildman–Crippen MR) is 115 cm³/mol. The van der Waals surface area contributed by atoms with E-state index in [0.29, 0.717) is 51.0 Å². The van der Waals surface area contributed by atoms with Crippen LogP contribution in [0, 0.1) is 5.92 Å². The molecule has 1 saturated heterocycles. The molecule has 0 aromatic rings. The fourth-order valence-electron chi connectivity index (χ4n) is 3.16. The van der Waals surface area contributed by atoms with Crippen LogP contribution in [0.3, 0.4) is 0 Å². The fourth-order valence-corrected chi connectivity index (χ4v) is 3.16. The van der Waals surface area contributed by atoms with Crippen molar-refractivity contribution in [2.75, 3.05) is 39.8 Å². The minimum Gasteiger partial charge on any atom is -0.356 e. The molecule has 1 fully saturated rings. The molecule has 1 aliphatic heterocycles. The second-order valence-electron chi connectivity index (χ2n) is 8.12. The third-order valence-corrected chi connectivity index (χ3v) is 5.15. The molecule has 0 aromatic heterocycles. The first kappa shape index (κ1) is 24.2. The molecule has 7 nitrogen and oxygen atoms in total. The first-order valence-corrected chi connectivity index (χ1v) is 10.9. The number of hydrogen-bond acceptors (Lipinski definition) is 3. The van der Waals surface area contributed by atoms with Gasteiger partial charge >= 0.3 is 0 Å². The van der Waals surface area contributed by atoms with Crippen molar-refractivity contribution in [2.24, 2.45) is 10.9 Å². The van der Waals surface area contributed by atoms with Crippen LogP contribution < -0.4 is 10.6 Å². The van der Waals surface area contributed by atoms with Crippen molar-refractivity contribution in [2.45, 2.75) is 72.3 Å². The SMILES string of the molecule is CCC(C)NC(=NC)NCCCCCC(=O)N1CCN(C(=O)CC(C)C)CC1. The molecule has 1 aliphatic rings. The molecule has 0 radical (unpaired) electrons. The van der Waals surface area contributed by atoms with Crippen LogP contribution in [0.5, 0.6) is 0 Å². The Kier molecular flexibility index (Phi) is 11.6. The Bertz CT molecular complexity index is 499. The van der Waals surface area contributed by atoms with Gasteiger partial charge in [-0.1, -0.05) is 27.2 Å². The maximum atomic E-state index is 12.4. The number of carbonyl (C=O) groups excluding carboxylic acids is 2. The minimum absolute atomic E-state index is 0.215. The molecule has 1 heterocycles. The number of rotatable bonds is 10. The Labute approximate surface area is 171 Å². The van der Waals surface area contributed by atoms with Gasteiger partial charge in [-0.25, -0.2) is 0 Å². The van der Waals surface area contributed by atoms with Crippen LogP contribution in [0.2, 0.25) is 0 Å². The van der Waals surface area contributed by atoms with Gasteiger partial charge in [0.15, 0.2) is 5.96 Å². The molecule has 0 saturated carbocycles. The summed E-state index contributed by atoms with van der Waals surface area (Å²) in [5, 5.41) is 6.66. The summed E-state index contributed by atoms with van der Waals surface area (Å²) in [4.78, 5) is 32.5. The second-order valence-corrected chi connectivity index (χ2v) is 8.12. The summed E-state index contributed by atoms with van der Waals surface area (Å²) >= 11 is 0. The molecule has 7 heteroatoms. The molecule has 0 aliphatic carbocycles. The third kappa shape index (κ3) is 9.42. The molecule has 28 heavy (non-hydrogen) atoms. The first-order chi connectivity index (χ1) is 13.4. The van der Waals surface area contributed by atoms with Gasteiger partial charge in [-0.15, -0.1) is 0 Å². The highest BCUT2D eigenvalue weighted by Gasteiger charge is 2.23. The van der Waals surface area contributed by atoms with E-state index >= 15 is 0 Å². The normalized spacial score (nSPS) is 16.3. The molecule has 1 unspecified atom stereocenters. The summed E-state index contributed by atoms with van der Waals surface area (Å²) in [6.45, 7) is 11.9. The van der Waals surface area contributed by atoms with E-state index < -0.39 is 0 Å². The van der Waals surface area contributed by atoms with Crippen LogP contribution >= 0.6 is 0 Å². The van der Waals surface area contributed by atoms with Gasteiger partial charge in [0.05, 0.1) is 0 Å². The van der Waals surface area contributed by atoms with Crippen molar-refractivity contribution in [3.8, 4) is 0 Å². The molecular weight excluding hydrogens is 354 g/mol. The zero-order chi connectivity index (χ0) is 20.9. The Morgan fingerprint density at radius 2 is 1.57 bits per heavy atom. The molecular formula is C21H41N5O2. The van der Waals surface area contributed by atoms with Crippen LogP contribution in [-0.4, -0.2) is 73.4 Å². The maximum Gasteiger partial charge on any atom is 0.222 e. The predicted octanol–water partition coefficient (Wildman–Crippen LogP) is 2.23. The number of unbranched alkanes of at least 4 members (excludes halogenated alkanes) is 2. The van der Waals surface area contributed by atoms with E-state index in [1.165, 1.54) is 0 Å². The summed E-state index contributed by atoms with van der Waals surface area (Å²) in [5.74, 6) is 1.66. The summed E-state index contributed by atoms with van der Waals surface area (Å²) < 4.78 is 0. The standard InChI is InChI=1S/C21H41N5O2/c1-6-18(4)24-21(22-5)23-11-9-7-8-10-19(27)25-12-14-26(15-13-25)20(28)16-17(2)3/h17-18H,6-16H2,1-5H3,(H2,22,23,24). The van der Waals surface area contributed by atoms with E-state index in [2.05, 4.69) is 43.3 Å². The summed E-state index contributed by atoms with van der Waals surface area (Å²) in [6, 6.07) is 0.407. The minimum atomic E-state index is 0.215. The number of nitrogens with zero attached hydrogens (tertiary/aromatic N) is 3. The summed E-state index contributed by atoms with van der Waals surface area (Å²) in [7, 11) is 1.78. The van der Waals surface area contributed by atoms with Crippen molar-refractivity contribution in [1.82, 2.24) is 20.4 Å². The average Bonchev–Trinajstić information content (AvgIpc) is 2.68. The van der Waals surface area contributed by atoms with Gasteiger partial charge in [0.1, 0.15) is 0 Å². The number of nitrogens with one attached hydrogen (secondary N) is 2. The van der Waals surface area contributed by atoms with Crippen LogP contribution in [-0.2, 0) is 9.59 Å². The highest BCUT2D eigenvalue weighted by molar-refractivity contribution is 5.80. The van der Waals surface area contributed by atoms with E-state index in [1.807, 2.05) is 9.80 Å². The van der Waals surface area contributed by atoms with Gasteiger partial charge in [-0.2, -0.15) is 0 Å². The van der Waals surface area contributed by atoms with Crippen molar-refractivity contribution >= 4 is 17.8 Å². The van der Waals surface area contributed by atoms with Gasteiger partial charge in [-0.05, 0) is 32.1 Å². The highest BCUT2D eigenvalue weighted by atomic mass is 16.2. The number of amides is 2. The largest absolute Gasteiger partial charge is 0.356 e. The molecule has 0 bridgehead atoms. The molecule has 1 atom stereocenters. The summed E-state index contributed by atoms with van der Waals surface area (Å²) in [5.41, 5.74) is 0. The van der Waals surface area contributed by atoms with Gasteiger partial charge in [0.25, 0.3) is 0 Å². The smallest absolute Gasteiger partial charge is 0.222 e. The Balaban J connectivity index is 2.14. The van der Waals surface area contributed by atoms with Crippen LogP contribution in [0.1, 0.15) is 66.2 Å². The number of guanidine groups is 1. The van der Waals surface area contributed by atoms with Crippen LogP contribution in [0.4, 0.5) is 0 Å². The van der Waals surface area contributed by atoms with Gasteiger partial charge < -0.3 is 20.4 Å². The van der Waals surface area contributed by atoms with Gasteiger partial charge in [0, 0.05) is 58.7 Å². The molecule has 0 aromatic carbocycles. The van der Waals surface area contributed by atoms with Crippen LogP contribution in [0.25, 0.3) is 0 Å². The summed E-state index contributed by atoms with van der Waals surface area (Å²) in [6.07, 6.45) is 5.20. The van der Waals surface area contributed by atoms with E-state index in [0.717, 1.165) is 38.2 Å². The highest BCUT2D eigenvalue weighted by Crippen LogP contribution is 2.10. The quantitative estimate of drug-likeness (QED) is 0.338. The van der Waals surface area contributed by atoms with Gasteiger partial charge in [-0.3, -0.25) is 14.6 Å². The Morgan fingerprint density at radius 3 is 2.11 bits per heavy atom. The molecule has 2 amide bonds. The monoisotopic (exact) mass is 395 g/mol. The molecule has 1 rings (SSSR count). The van der Waals surface area contributed by atoms with E-state index in [9.17, 15) is 9.59 Å². The number of carbonyl (C=O) groups is 2. The lowest BCUT2D eigenvalue weighted by atomic mass is 10.1. The first-order valence-electron chi connectivity index (χ1n) is 10.9. The van der Waals surface area contributed by atoms with E-state index in [4.69, 9.17) is 0 Å². The van der Waals surface area contributed by atoms with Gasteiger partial charge in [0.2, 0.25) is 11.8 Å². The molecule has 2 N–H and O–H groups in total. The van der Waals surface area contributed by atoms with Crippen LogP contribution in [0.15, 0.2) is 4.99 Å². The average molecular weight is 396 g/mol. The lowest BCUT2D eigenvalue weighted by Crippen LogP contribution is -2.50. The lowest BCUT2D eigenvalue weighted by Gasteiger charge is -2.35. The third-order valence-electron chi connectivity index (χ3n) is 5.15. The molecule has 0 spiro atoms. The lowest BCUT2D eigenvalue weighted by molar-refractivity contribution is -0.140.